The number of hydrogen-bond acceptors (Lipinski definition) is 7. The maximum absolute atomic E-state index is 6.66. The van der Waals surface area contributed by atoms with Gasteiger partial charge < -0.3 is 19.5 Å². The standard InChI is InChI=1S/C31H36ClN7O.C3H8/c1-6-20(3)17-33-29-16-25(12-13-38(29)5)40-28-11-9-23(15-26(28)32)37-31-30(27(7-2)34-19-35-31)36-21(4)39-18-22-8-10-24(39)14-22;1-3-2/h7,9,11-13,15-17,19,22,24H,4,6,8,10,14,18H2,1-3,5H3,(H,34,35,37);3H2,1-2H3/b20-17?,27-7+,33-29?,36-30+;. The van der Waals surface area contributed by atoms with Gasteiger partial charge in [0.2, 0.25) is 0 Å². The molecule has 3 heterocycles. The number of nitrogens with one attached hydrogen (secondary N) is 1. The van der Waals surface area contributed by atoms with Gasteiger partial charge in [0, 0.05) is 43.8 Å². The summed E-state index contributed by atoms with van der Waals surface area (Å²) in [6, 6.07) is 9.86. The maximum Gasteiger partial charge on any atom is 0.160 e. The van der Waals surface area contributed by atoms with Crippen LogP contribution in [0.5, 0.6) is 11.5 Å². The molecule has 8 nitrogen and oxygen atoms in total. The van der Waals surface area contributed by atoms with Crippen molar-refractivity contribution in [3.05, 3.63) is 83.0 Å². The van der Waals surface area contributed by atoms with Gasteiger partial charge in [-0.25, -0.2) is 20.0 Å². The van der Waals surface area contributed by atoms with Gasteiger partial charge in [-0.15, -0.1) is 0 Å². The third kappa shape index (κ3) is 8.14. The number of fused-ring (bicyclic) bond motifs is 2. The molecule has 1 aromatic heterocycles. The van der Waals surface area contributed by atoms with Crippen LogP contribution in [0.1, 0.15) is 66.7 Å². The molecule has 2 unspecified atom stereocenters. The number of rotatable bonds is 7. The zero-order valence-electron chi connectivity index (χ0n) is 26.3. The second-order valence-electron chi connectivity index (χ2n) is 11.1. The largest absolute Gasteiger partial charge is 0.456 e. The molecule has 3 aliphatic rings. The van der Waals surface area contributed by atoms with Crippen LogP contribution in [0.25, 0.3) is 0 Å². The Kier molecular flexibility index (Phi) is 11.2. The number of nitrogens with zero attached hydrogens (tertiary/aromatic N) is 6. The minimum Gasteiger partial charge on any atom is -0.456 e. The number of ether oxygens (including phenoxy) is 1. The number of anilines is 1. The number of likely N-dealkylation sites (tertiary alicyclic amines) is 1. The minimum atomic E-state index is 0.464. The average molecular weight is 602 g/mol. The monoisotopic (exact) mass is 601 g/mol. The van der Waals surface area contributed by atoms with E-state index in [1.807, 2.05) is 67.3 Å². The van der Waals surface area contributed by atoms with Gasteiger partial charge in [0.05, 0.1) is 10.7 Å². The van der Waals surface area contributed by atoms with E-state index in [2.05, 4.69) is 59.5 Å². The highest BCUT2D eigenvalue weighted by Crippen LogP contribution is 2.39. The van der Waals surface area contributed by atoms with E-state index in [0.717, 1.165) is 41.6 Å². The van der Waals surface area contributed by atoms with Crippen molar-refractivity contribution >= 4 is 35.2 Å². The molecule has 2 atom stereocenters. The van der Waals surface area contributed by atoms with Crippen molar-refractivity contribution in [2.75, 3.05) is 11.9 Å². The fourth-order valence-corrected chi connectivity index (χ4v) is 5.38. The molecule has 0 spiro atoms. The molecule has 1 aromatic carbocycles. The molecule has 0 amide bonds. The summed E-state index contributed by atoms with van der Waals surface area (Å²) in [7, 11) is 1.95. The summed E-state index contributed by atoms with van der Waals surface area (Å²) in [5.74, 6) is 3.30. The number of halogens is 1. The first kappa shape index (κ1) is 32.0. The molecule has 2 bridgehead atoms. The van der Waals surface area contributed by atoms with Crippen LogP contribution in [0.15, 0.2) is 92.4 Å². The van der Waals surface area contributed by atoms with Crippen molar-refractivity contribution in [1.29, 1.82) is 0 Å². The van der Waals surface area contributed by atoms with Crippen molar-refractivity contribution in [3.8, 4) is 11.5 Å². The second-order valence-corrected chi connectivity index (χ2v) is 11.5. The molecule has 2 fully saturated rings. The zero-order valence-corrected chi connectivity index (χ0v) is 27.0. The number of pyridine rings is 1. The van der Waals surface area contributed by atoms with E-state index in [1.54, 1.807) is 0 Å². The number of amidine groups is 1. The summed E-state index contributed by atoms with van der Waals surface area (Å²) in [4.78, 5) is 20.7. The molecule has 9 heteroatoms. The van der Waals surface area contributed by atoms with E-state index in [-0.39, 0.29) is 0 Å². The Balaban J connectivity index is 0.00000135. The lowest BCUT2D eigenvalue weighted by Gasteiger charge is -2.29. The molecular formula is C34H44ClN7O. The Morgan fingerprint density at radius 2 is 2.00 bits per heavy atom. The second kappa shape index (κ2) is 15.0. The Hall–Kier alpha value is -3.91. The molecule has 2 aliphatic heterocycles. The predicted octanol–water partition coefficient (Wildman–Crippen LogP) is 8.25. The molecule has 43 heavy (non-hydrogen) atoms. The van der Waals surface area contributed by atoms with Crippen LogP contribution >= 0.6 is 11.6 Å². The van der Waals surface area contributed by atoms with Gasteiger partial charge in [-0.2, -0.15) is 0 Å². The van der Waals surface area contributed by atoms with Gasteiger partial charge >= 0.3 is 0 Å². The fourth-order valence-electron chi connectivity index (χ4n) is 5.16. The number of hydrogen-bond donors (Lipinski definition) is 1. The number of aliphatic imine (C=N–C) groups is 3. The van der Waals surface area contributed by atoms with Crippen molar-refractivity contribution < 1.29 is 4.74 Å². The minimum absolute atomic E-state index is 0.464. The first-order chi connectivity index (χ1) is 20.8. The number of benzene rings is 1. The van der Waals surface area contributed by atoms with Gasteiger partial charge in [0.25, 0.3) is 0 Å². The van der Waals surface area contributed by atoms with Crippen LogP contribution in [0, 0.1) is 5.92 Å². The van der Waals surface area contributed by atoms with Gasteiger partial charge in [-0.3, -0.25) is 0 Å². The van der Waals surface area contributed by atoms with E-state index in [0.29, 0.717) is 34.1 Å². The molecular weight excluding hydrogens is 558 g/mol. The highest BCUT2D eigenvalue weighted by molar-refractivity contribution is 6.53. The molecule has 5 rings (SSSR count). The highest BCUT2D eigenvalue weighted by atomic mass is 35.5. The topological polar surface area (TPSA) is 78.9 Å². The fraction of sp³-hybridized carbons (Fsp3) is 0.412. The van der Waals surface area contributed by atoms with E-state index in [1.165, 1.54) is 37.6 Å². The summed E-state index contributed by atoms with van der Waals surface area (Å²) >= 11 is 6.66. The lowest BCUT2D eigenvalue weighted by atomic mass is 10.1. The normalized spacial score (nSPS) is 21.7. The third-order valence-electron chi connectivity index (χ3n) is 7.60. The summed E-state index contributed by atoms with van der Waals surface area (Å²) in [5, 5.41) is 3.83. The molecule has 1 saturated carbocycles. The molecule has 1 aliphatic carbocycles. The smallest absolute Gasteiger partial charge is 0.160 e. The van der Waals surface area contributed by atoms with Crippen molar-refractivity contribution in [2.24, 2.45) is 32.9 Å². The molecule has 2 aromatic rings. The number of piperidine rings is 1. The lowest BCUT2D eigenvalue weighted by Crippen LogP contribution is -2.33. The Morgan fingerprint density at radius 3 is 2.65 bits per heavy atom. The summed E-state index contributed by atoms with van der Waals surface area (Å²) in [6.07, 6.45) is 13.2. The van der Waals surface area contributed by atoms with Crippen molar-refractivity contribution in [3.63, 3.8) is 0 Å². The Bertz CT molecular complexity index is 1550. The SMILES string of the molecule is C=C(/N=C1/C(Nc2ccc(Oc3ccn(C)c(=NC=C(C)CC)c3)c(Cl)c2)=NC=N/C1=C/C)N1CC2CCC1C2.CCC. The van der Waals surface area contributed by atoms with E-state index in [9.17, 15) is 0 Å². The number of aryl methyl sites for hydroxylation is 1. The Morgan fingerprint density at radius 1 is 1.21 bits per heavy atom. The van der Waals surface area contributed by atoms with Gasteiger partial charge in [-0.05, 0) is 69.7 Å². The Labute approximate surface area is 261 Å². The summed E-state index contributed by atoms with van der Waals surface area (Å²) in [6.45, 7) is 15.7. The van der Waals surface area contributed by atoms with Crippen LogP contribution < -0.4 is 15.5 Å². The predicted molar refractivity (Wildman–Crippen MR) is 180 cm³/mol. The third-order valence-corrected chi connectivity index (χ3v) is 7.89. The quantitative estimate of drug-likeness (QED) is 0.347. The van der Waals surface area contributed by atoms with Crippen LogP contribution in [-0.2, 0) is 7.05 Å². The van der Waals surface area contributed by atoms with Crippen LogP contribution in [0.4, 0.5) is 5.69 Å². The van der Waals surface area contributed by atoms with Gasteiger partial charge in [0.1, 0.15) is 34.9 Å². The molecule has 228 valence electrons. The maximum atomic E-state index is 6.66. The zero-order chi connectivity index (χ0) is 30.9. The van der Waals surface area contributed by atoms with E-state index >= 15 is 0 Å². The van der Waals surface area contributed by atoms with E-state index < -0.39 is 0 Å². The molecule has 0 radical (unpaired) electrons. The van der Waals surface area contributed by atoms with Crippen molar-refractivity contribution in [1.82, 2.24) is 9.47 Å². The number of aromatic nitrogens is 1. The van der Waals surface area contributed by atoms with Gasteiger partial charge in [-0.1, -0.05) is 57.0 Å². The summed E-state index contributed by atoms with van der Waals surface area (Å²) < 4.78 is 8.06. The van der Waals surface area contributed by atoms with Crippen LogP contribution in [0.2, 0.25) is 5.02 Å². The van der Waals surface area contributed by atoms with Crippen LogP contribution in [-0.4, -0.2) is 39.9 Å². The van der Waals surface area contributed by atoms with Crippen LogP contribution in [0.3, 0.4) is 0 Å². The number of allylic oxidation sites excluding steroid dienone is 2. The average Bonchev–Trinajstić information content (AvgIpc) is 3.64. The summed E-state index contributed by atoms with van der Waals surface area (Å²) in [5.41, 5.74) is 4.15. The van der Waals surface area contributed by atoms with Crippen molar-refractivity contribution in [2.45, 2.75) is 72.8 Å². The lowest BCUT2D eigenvalue weighted by molar-refractivity contribution is 0.269. The first-order valence-corrected chi connectivity index (χ1v) is 15.6. The molecule has 1 saturated heterocycles. The first-order valence-electron chi connectivity index (χ1n) is 15.2. The highest BCUT2D eigenvalue weighted by Gasteiger charge is 2.38. The van der Waals surface area contributed by atoms with E-state index in [4.69, 9.17) is 21.3 Å². The molecule has 1 N–H and O–H groups in total. The van der Waals surface area contributed by atoms with Gasteiger partial charge in [0.15, 0.2) is 5.84 Å².